The number of fused-ring (bicyclic) bond motifs is 9. The summed E-state index contributed by atoms with van der Waals surface area (Å²) in [7, 11) is 0. The Morgan fingerprint density at radius 1 is 0.581 bits per heavy atom. The highest BCUT2D eigenvalue weighted by molar-refractivity contribution is 6.00. The average molecular weight is 794 g/mol. The summed E-state index contributed by atoms with van der Waals surface area (Å²) in [4.78, 5) is 10.4. The third-order valence-electron chi connectivity index (χ3n) is 13.2. The van der Waals surface area contributed by atoms with Gasteiger partial charge in [0, 0.05) is 33.7 Å². The molecular formula is C58H39N3O. The Bertz CT molecular complexity index is 3310. The van der Waals surface area contributed by atoms with E-state index in [0.29, 0.717) is 5.56 Å². The van der Waals surface area contributed by atoms with Crippen LogP contribution in [-0.2, 0) is 5.41 Å². The van der Waals surface area contributed by atoms with E-state index < -0.39 is 5.41 Å². The quantitative estimate of drug-likeness (QED) is 0.174. The second-order valence-corrected chi connectivity index (χ2v) is 16.6. The molecule has 0 amide bonds. The number of nitriles is 1. The highest BCUT2D eigenvalue weighted by Gasteiger charge is 2.53. The summed E-state index contributed by atoms with van der Waals surface area (Å²) in [6.07, 6.45) is 14.3. The molecule has 62 heavy (non-hydrogen) atoms. The summed E-state index contributed by atoms with van der Waals surface area (Å²) in [6.45, 7) is 0. The number of para-hydroxylation sites is 1. The molecule has 7 aromatic carbocycles. The first kappa shape index (κ1) is 36.0. The van der Waals surface area contributed by atoms with E-state index in [4.69, 9.17) is 14.7 Å². The van der Waals surface area contributed by atoms with Crippen LogP contribution in [0, 0.1) is 11.3 Å². The number of ether oxygens (including phenoxy) is 1. The lowest BCUT2D eigenvalue weighted by Crippen LogP contribution is -2.34. The number of aromatic nitrogens is 2. The summed E-state index contributed by atoms with van der Waals surface area (Å²) in [5, 5.41) is 11.9. The van der Waals surface area contributed by atoms with Crippen molar-refractivity contribution in [1.82, 2.24) is 9.97 Å². The van der Waals surface area contributed by atoms with Crippen molar-refractivity contribution in [2.24, 2.45) is 0 Å². The van der Waals surface area contributed by atoms with Gasteiger partial charge in [0.1, 0.15) is 11.5 Å². The Kier molecular flexibility index (Phi) is 8.37. The number of nitrogens with zero attached hydrogens (tertiary/aromatic N) is 3. The minimum absolute atomic E-state index is 0.121. The Labute approximate surface area is 361 Å². The molecule has 0 saturated carbocycles. The zero-order valence-corrected chi connectivity index (χ0v) is 33.9. The standard InChI is InChI=1S/C58H39N3O/c59-36-37-23-25-38(26-24-37)43-30-31-44(46-18-8-7-17-45(43)46)41-27-29-48-47-19-9-10-20-49(47)58(51(48)33-41)50-21-11-12-22-55(50)62-56-32-28-42(34-52(56)58)54-35-53(39-13-3-1-4-14-39)60-57(61-54)40-15-5-2-6-16-40/h1,3-5,7-32,34-35,41H,2,6,33H2. The van der Waals surface area contributed by atoms with Crippen LogP contribution in [-0.4, -0.2) is 9.97 Å². The van der Waals surface area contributed by atoms with Gasteiger partial charge in [-0.2, -0.15) is 5.26 Å². The zero-order chi connectivity index (χ0) is 41.2. The van der Waals surface area contributed by atoms with Crippen LogP contribution in [0.25, 0.3) is 55.6 Å². The van der Waals surface area contributed by atoms with Gasteiger partial charge in [0.2, 0.25) is 0 Å². The molecule has 0 bridgehead atoms. The van der Waals surface area contributed by atoms with Crippen LogP contribution < -0.4 is 4.74 Å². The summed E-state index contributed by atoms with van der Waals surface area (Å²) < 4.78 is 6.89. The first-order valence-electron chi connectivity index (χ1n) is 21.4. The van der Waals surface area contributed by atoms with Crippen molar-refractivity contribution < 1.29 is 4.74 Å². The van der Waals surface area contributed by atoms with E-state index in [1.165, 1.54) is 38.6 Å². The van der Waals surface area contributed by atoms with E-state index in [1.54, 1.807) is 0 Å². The van der Waals surface area contributed by atoms with Crippen LogP contribution >= 0.6 is 0 Å². The lowest BCUT2D eigenvalue weighted by Gasteiger charge is -2.42. The Balaban J connectivity index is 1.04. The molecule has 0 saturated heterocycles. The predicted octanol–water partition coefficient (Wildman–Crippen LogP) is 14.2. The second-order valence-electron chi connectivity index (χ2n) is 16.6. The van der Waals surface area contributed by atoms with E-state index in [-0.39, 0.29) is 5.92 Å². The van der Waals surface area contributed by atoms with Gasteiger partial charge in [0.25, 0.3) is 0 Å². The molecule has 12 rings (SSSR count). The Morgan fingerprint density at radius 2 is 1.31 bits per heavy atom. The minimum Gasteiger partial charge on any atom is -0.457 e. The number of rotatable bonds is 5. The molecule has 0 radical (unpaired) electrons. The van der Waals surface area contributed by atoms with E-state index in [9.17, 15) is 5.26 Å². The topological polar surface area (TPSA) is 58.8 Å². The second kappa shape index (κ2) is 14.4. The molecule has 1 aliphatic heterocycles. The third-order valence-corrected chi connectivity index (χ3v) is 13.2. The van der Waals surface area contributed by atoms with Crippen molar-refractivity contribution in [3.05, 3.63) is 239 Å². The lowest BCUT2D eigenvalue weighted by atomic mass is 9.62. The first-order chi connectivity index (χ1) is 30.7. The number of hydrogen-bond donors (Lipinski definition) is 0. The summed E-state index contributed by atoms with van der Waals surface area (Å²) in [5.41, 5.74) is 16.0. The maximum absolute atomic E-state index is 9.47. The maximum atomic E-state index is 9.47. The van der Waals surface area contributed by atoms with Crippen LogP contribution in [0.2, 0.25) is 0 Å². The fraction of sp³-hybridized carbons (Fsp3) is 0.0862. The molecule has 292 valence electrons. The molecule has 2 heterocycles. The minimum atomic E-state index is -0.611. The molecule has 4 nitrogen and oxygen atoms in total. The summed E-state index contributed by atoms with van der Waals surface area (Å²) in [5.74, 6) is 2.59. The first-order valence-corrected chi connectivity index (χ1v) is 21.4. The van der Waals surface area contributed by atoms with Crippen LogP contribution in [0.3, 0.4) is 0 Å². The maximum Gasteiger partial charge on any atom is 0.160 e. The lowest BCUT2D eigenvalue weighted by molar-refractivity contribution is 0.431. The van der Waals surface area contributed by atoms with E-state index in [1.807, 2.05) is 18.2 Å². The van der Waals surface area contributed by atoms with Crippen LogP contribution in [0.4, 0.5) is 0 Å². The van der Waals surface area contributed by atoms with Crippen molar-refractivity contribution >= 4 is 21.9 Å². The average Bonchev–Trinajstić information content (AvgIpc) is 3.64. The number of hydrogen-bond acceptors (Lipinski definition) is 4. The van der Waals surface area contributed by atoms with Gasteiger partial charge in [-0.05, 0) is 111 Å². The Hall–Kier alpha value is -7.87. The smallest absolute Gasteiger partial charge is 0.160 e. The molecule has 3 aliphatic carbocycles. The fourth-order valence-electron chi connectivity index (χ4n) is 10.4. The van der Waals surface area contributed by atoms with Crippen molar-refractivity contribution in [3.63, 3.8) is 0 Å². The molecule has 0 N–H and O–H groups in total. The van der Waals surface area contributed by atoms with Crippen molar-refractivity contribution in [1.29, 1.82) is 5.26 Å². The van der Waals surface area contributed by atoms with Gasteiger partial charge in [-0.3, -0.25) is 0 Å². The van der Waals surface area contributed by atoms with Gasteiger partial charge in [-0.25, -0.2) is 9.97 Å². The molecule has 1 spiro atoms. The molecule has 4 aliphatic rings. The van der Waals surface area contributed by atoms with Gasteiger partial charge in [0.15, 0.2) is 5.82 Å². The summed E-state index contributed by atoms with van der Waals surface area (Å²) in [6, 6.07) is 60.3. The van der Waals surface area contributed by atoms with Crippen molar-refractivity contribution in [2.75, 3.05) is 0 Å². The zero-order valence-electron chi connectivity index (χ0n) is 33.9. The summed E-state index contributed by atoms with van der Waals surface area (Å²) >= 11 is 0. The van der Waals surface area contributed by atoms with Gasteiger partial charge in [-0.15, -0.1) is 0 Å². The normalized spacial score (nSPS) is 18.0. The monoisotopic (exact) mass is 793 g/mol. The molecule has 2 atom stereocenters. The van der Waals surface area contributed by atoms with E-state index in [0.717, 1.165) is 86.9 Å². The largest absolute Gasteiger partial charge is 0.457 e. The van der Waals surface area contributed by atoms with Gasteiger partial charge in [-0.1, -0.05) is 152 Å². The van der Waals surface area contributed by atoms with Crippen LogP contribution in [0.5, 0.6) is 11.5 Å². The number of allylic oxidation sites excluding steroid dienone is 8. The van der Waals surface area contributed by atoms with Gasteiger partial charge >= 0.3 is 0 Å². The molecule has 8 aromatic rings. The van der Waals surface area contributed by atoms with Crippen molar-refractivity contribution in [3.8, 4) is 51.2 Å². The van der Waals surface area contributed by atoms with E-state index in [2.05, 4.69) is 182 Å². The molecule has 1 aromatic heterocycles. The Morgan fingerprint density at radius 3 is 2.13 bits per heavy atom. The highest BCUT2D eigenvalue weighted by Crippen LogP contribution is 2.64. The van der Waals surface area contributed by atoms with Gasteiger partial charge in [0.05, 0.1) is 28.4 Å². The highest BCUT2D eigenvalue weighted by atomic mass is 16.5. The van der Waals surface area contributed by atoms with Gasteiger partial charge < -0.3 is 4.74 Å². The predicted molar refractivity (Wildman–Crippen MR) is 250 cm³/mol. The fourth-order valence-corrected chi connectivity index (χ4v) is 10.4. The van der Waals surface area contributed by atoms with Crippen LogP contribution in [0.1, 0.15) is 64.4 Å². The molecule has 2 unspecified atom stereocenters. The number of benzene rings is 7. The third kappa shape index (κ3) is 5.59. The molecule has 4 heteroatoms. The molecule has 0 fully saturated rings. The SMILES string of the molecule is N#Cc1ccc(-c2ccc(C3C=CC4=C(C3)C3(c5ccccc5Oc5ccc(-c6cc(-c7ccccc7)nc(C7=CCCC=C7)n6)cc53)c3ccccc34)c3ccccc23)cc1. The molecular weight excluding hydrogens is 755 g/mol. The van der Waals surface area contributed by atoms with E-state index >= 15 is 0 Å². The van der Waals surface area contributed by atoms with Crippen LogP contribution in [0.15, 0.2) is 200 Å². The van der Waals surface area contributed by atoms with Crippen molar-refractivity contribution in [2.45, 2.75) is 30.6 Å².